The van der Waals surface area contributed by atoms with Crippen LogP contribution in [0.15, 0.2) is 18.2 Å². The van der Waals surface area contributed by atoms with Crippen LogP contribution >= 0.6 is 12.4 Å². The largest absolute Gasteiger partial charge is 0.490 e. The van der Waals surface area contributed by atoms with Crippen LogP contribution < -0.4 is 20.1 Å². The van der Waals surface area contributed by atoms with E-state index in [1.54, 1.807) is 0 Å². The number of hydrogen-bond acceptors (Lipinski definition) is 4. The zero-order valence-corrected chi connectivity index (χ0v) is 15.3. The summed E-state index contributed by atoms with van der Waals surface area (Å²) in [6.07, 6.45) is 1.36. The summed E-state index contributed by atoms with van der Waals surface area (Å²) in [4.78, 5) is 11.9. The summed E-state index contributed by atoms with van der Waals surface area (Å²) in [5, 5.41) is 6.05. The normalized spacial score (nSPS) is 11.3. The van der Waals surface area contributed by atoms with Gasteiger partial charge in [-0.3, -0.25) is 4.79 Å². The molecule has 1 atom stereocenters. The van der Waals surface area contributed by atoms with E-state index in [2.05, 4.69) is 10.6 Å². The Morgan fingerprint density at radius 1 is 1.17 bits per heavy atom. The van der Waals surface area contributed by atoms with Crippen molar-refractivity contribution in [3.63, 3.8) is 0 Å². The summed E-state index contributed by atoms with van der Waals surface area (Å²) in [7, 11) is 1.88. The maximum Gasteiger partial charge on any atom is 0.220 e. The minimum atomic E-state index is -0.0584. The molecule has 1 aromatic carbocycles. The Morgan fingerprint density at radius 3 is 2.43 bits per heavy atom. The molecule has 0 radical (unpaired) electrons. The molecule has 0 heterocycles. The van der Waals surface area contributed by atoms with Gasteiger partial charge in [-0.2, -0.15) is 0 Å². The van der Waals surface area contributed by atoms with Crippen molar-refractivity contribution in [3.8, 4) is 11.5 Å². The average molecular weight is 345 g/mol. The third-order valence-electron chi connectivity index (χ3n) is 3.28. The molecule has 0 bridgehead atoms. The molecule has 0 saturated heterocycles. The van der Waals surface area contributed by atoms with Crippen molar-refractivity contribution in [1.82, 2.24) is 10.6 Å². The summed E-state index contributed by atoms with van der Waals surface area (Å²) in [6, 6.07) is 5.74. The fourth-order valence-electron chi connectivity index (χ4n) is 2.16. The molecule has 2 N–H and O–H groups in total. The van der Waals surface area contributed by atoms with Crippen LogP contribution in [0.5, 0.6) is 11.5 Å². The van der Waals surface area contributed by atoms with Crippen LogP contribution in [0.1, 0.15) is 45.2 Å². The second-order valence-corrected chi connectivity index (χ2v) is 5.07. The molecule has 0 aliphatic rings. The van der Waals surface area contributed by atoms with Crippen LogP contribution in [-0.2, 0) is 4.79 Å². The topological polar surface area (TPSA) is 59.6 Å². The molecule has 0 aliphatic heterocycles. The van der Waals surface area contributed by atoms with E-state index in [4.69, 9.17) is 9.47 Å². The van der Waals surface area contributed by atoms with Crippen molar-refractivity contribution in [3.05, 3.63) is 23.8 Å². The molecule has 5 nitrogen and oxygen atoms in total. The lowest BCUT2D eigenvalue weighted by Gasteiger charge is -2.17. The second-order valence-electron chi connectivity index (χ2n) is 5.07. The van der Waals surface area contributed by atoms with E-state index >= 15 is 0 Å². The van der Waals surface area contributed by atoms with E-state index in [1.165, 1.54) is 0 Å². The van der Waals surface area contributed by atoms with Gasteiger partial charge in [0.15, 0.2) is 11.5 Å². The van der Waals surface area contributed by atoms with Crippen LogP contribution in [-0.4, -0.2) is 32.7 Å². The van der Waals surface area contributed by atoms with Gasteiger partial charge in [0.05, 0.1) is 19.3 Å². The van der Waals surface area contributed by atoms with Crippen molar-refractivity contribution < 1.29 is 14.3 Å². The number of benzene rings is 1. The molecule has 1 aromatic rings. The highest BCUT2D eigenvalue weighted by atomic mass is 35.5. The van der Waals surface area contributed by atoms with Gasteiger partial charge < -0.3 is 20.1 Å². The first-order valence-corrected chi connectivity index (χ1v) is 7.95. The maximum atomic E-state index is 11.9. The summed E-state index contributed by atoms with van der Waals surface area (Å²) in [6.45, 7) is 7.87. The Bertz CT molecular complexity index is 469. The number of ether oxygens (including phenoxy) is 2. The van der Waals surface area contributed by atoms with E-state index in [-0.39, 0.29) is 24.4 Å². The Kier molecular flexibility index (Phi) is 11.3. The highest BCUT2D eigenvalue weighted by molar-refractivity contribution is 5.85. The van der Waals surface area contributed by atoms with E-state index in [9.17, 15) is 4.79 Å². The molecule has 1 unspecified atom stereocenters. The van der Waals surface area contributed by atoms with Crippen molar-refractivity contribution >= 4 is 18.3 Å². The lowest BCUT2D eigenvalue weighted by atomic mass is 10.1. The SMILES string of the molecule is CCOc1ccc(C(C)NC(=O)CCCNC)cc1OCC.Cl. The Morgan fingerprint density at radius 2 is 1.83 bits per heavy atom. The van der Waals surface area contributed by atoms with Gasteiger partial charge >= 0.3 is 0 Å². The minimum Gasteiger partial charge on any atom is -0.490 e. The van der Waals surface area contributed by atoms with Crippen molar-refractivity contribution in [2.24, 2.45) is 0 Å². The molecule has 0 fully saturated rings. The van der Waals surface area contributed by atoms with Gasteiger partial charge in [0.25, 0.3) is 0 Å². The van der Waals surface area contributed by atoms with Crippen molar-refractivity contribution in [1.29, 1.82) is 0 Å². The monoisotopic (exact) mass is 344 g/mol. The van der Waals surface area contributed by atoms with Gasteiger partial charge in [0, 0.05) is 6.42 Å². The van der Waals surface area contributed by atoms with Gasteiger partial charge in [-0.05, 0) is 58.5 Å². The molecular weight excluding hydrogens is 316 g/mol. The number of nitrogens with one attached hydrogen (secondary N) is 2. The summed E-state index contributed by atoms with van der Waals surface area (Å²) >= 11 is 0. The number of amides is 1. The lowest BCUT2D eigenvalue weighted by molar-refractivity contribution is -0.121. The van der Waals surface area contributed by atoms with E-state index in [0.29, 0.717) is 19.6 Å². The predicted molar refractivity (Wildman–Crippen MR) is 95.7 cm³/mol. The molecule has 6 heteroatoms. The molecular formula is C17H29ClN2O3. The number of carbonyl (C=O) groups excluding carboxylic acids is 1. The van der Waals surface area contributed by atoms with Gasteiger partial charge in [-0.25, -0.2) is 0 Å². The van der Waals surface area contributed by atoms with Crippen LogP contribution in [0, 0.1) is 0 Å². The van der Waals surface area contributed by atoms with Crippen LogP contribution in [0.4, 0.5) is 0 Å². The molecule has 0 aliphatic carbocycles. The van der Waals surface area contributed by atoms with Gasteiger partial charge in [-0.15, -0.1) is 12.4 Å². The molecule has 23 heavy (non-hydrogen) atoms. The standard InChI is InChI=1S/C17H28N2O3.ClH/c1-5-21-15-10-9-14(12-16(15)22-6-2)13(3)19-17(20)8-7-11-18-4;/h9-10,12-13,18H,5-8,11H2,1-4H3,(H,19,20);1H. The second kappa shape index (κ2) is 12.0. The molecule has 0 aromatic heterocycles. The molecule has 132 valence electrons. The number of rotatable bonds is 10. The fraction of sp³-hybridized carbons (Fsp3) is 0.588. The predicted octanol–water partition coefficient (Wildman–Crippen LogP) is 3.08. The molecule has 1 amide bonds. The van der Waals surface area contributed by atoms with Crippen LogP contribution in [0.3, 0.4) is 0 Å². The zero-order chi connectivity index (χ0) is 16.4. The van der Waals surface area contributed by atoms with E-state index < -0.39 is 0 Å². The highest BCUT2D eigenvalue weighted by Crippen LogP contribution is 2.30. The first kappa shape index (κ1) is 21.5. The lowest BCUT2D eigenvalue weighted by Crippen LogP contribution is -2.27. The van der Waals surface area contributed by atoms with Crippen molar-refractivity contribution in [2.75, 3.05) is 26.8 Å². The smallest absolute Gasteiger partial charge is 0.220 e. The first-order valence-electron chi connectivity index (χ1n) is 7.95. The van der Waals surface area contributed by atoms with Gasteiger partial charge in [-0.1, -0.05) is 6.07 Å². The van der Waals surface area contributed by atoms with Crippen LogP contribution in [0.2, 0.25) is 0 Å². The average Bonchev–Trinajstić information content (AvgIpc) is 2.49. The third kappa shape index (κ3) is 7.57. The summed E-state index contributed by atoms with van der Waals surface area (Å²) in [5.41, 5.74) is 1.01. The molecule has 0 spiro atoms. The summed E-state index contributed by atoms with van der Waals surface area (Å²) < 4.78 is 11.2. The molecule has 0 saturated carbocycles. The van der Waals surface area contributed by atoms with E-state index in [1.807, 2.05) is 46.0 Å². The van der Waals surface area contributed by atoms with Gasteiger partial charge in [0.2, 0.25) is 5.91 Å². The maximum absolute atomic E-state index is 11.9. The Balaban J connectivity index is 0.00000484. The Hall–Kier alpha value is -1.46. The zero-order valence-electron chi connectivity index (χ0n) is 14.5. The highest BCUT2D eigenvalue weighted by Gasteiger charge is 2.13. The number of halogens is 1. The quantitative estimate of drug-likeness (QED) is 0.640. The van der Waals surface area contributed by atoms with Gasteiger partial charge in [0.1, 0.15) is 0 Å². The first-order chi connectivity index (χ1) is 10.6. The van der Waals surface area contributed by atoms with E-state index in [0.717, 1.165) is 30.0 Å². The fourth-order valence-corrected chi connectivity index (χ4v) is 2.16. The Labute approximate surface area is 145 Å². The van der Waals surface area contributed by atoms with Crippen molar-refractivity contribution in [2.45, 2.75) is 39.7 Å². The summed E-state index contributed by atoms with van der Waals surface area (Å²) in [5.74, 6) is 1.52. The third-order valence-corrected chi connectivity index (χ3v) is 3.28. The van der Waals surface area contributed by atoms with Crippen LogP contribution in [0.25, 0.3) is 0 Å². The number of carbonyl (C=O) groups is 1. The number of hydrogen-bond donors (Lipinski definition) is 2. The minimum absolute atomic E-state index is 0. The molecule has 1 rings (SSSR count).